The summed E-state index contributed by atoms with van der Waals surface area (Å²) in [4.78, 5) is 10.8. The molecule has 0 saturated carbocycles. The number of benzene rings is 1. The second-order valence-corrected chi connectivity index (χ2v) is 4.11. The van der Waals surface area contributed by atoms with Gasteiger partial charge in [-0.25, -0.2) is 4.39 Å². The number of rotatable bonds is 3. The number of nitrogens with zero attached hydrogens (tertiary/aromatic N) is 1. The number of amides is 1. The van der Waals surface area contributed by atoms with Crippen LogP contribution < -0.4 is 5.32 Å². The van der Waals surface area contributed by atoms with E-state index >= 15 is 0 Å². The molecule has 4 heteroatoms. The van der Waals surface area contributed by atoms with Gasteiger partial charge in [-0.3, -0.25) is 4.79 Å². The van der Waals surface area contributed by atoms with Crippen LogP contribution >= 0.6 is 0 Å². The maximum absolute atomic E-state index is 13.6. The van der Waals surface area contributed by atoms with Gasteiger partial charge in [-0.2, -0.15) is 0 Å². The molecule has 0 atom stereocenters. The van der Waals surface area contributed by atoms with E-state index in [9.17, 15) is 9.18 Å². The standard InChI is InChI=1S/C13H15FN2O/c1-9(17)15-7-6-11-8-10-4-3-5-12(14)13(10)16(11)2/h3-5,8H,6-7H2,1-2H3,(H,15,17). The maximum atomic E-state index is 13.6. The smallest absolute Gasteiger partial charge is 0.216 e. The molecule has 1 amide bonds. The van der Waals surface area contributed by atoms with Crippen molar-refractivity contribution in [3.8, 4) is 0 Å². The van der Waals surface area contributed by atoms with Gasteiger partial charge in [-0.1, -0.05) is 12.1 Å². The zero-order valence-electron chi connectivity index (χ0n) is 9.96. The quantitative estimate of drug-likeness (QED) is 0.866. The first-order valence-corrected chi connectivity index (χ1v) is 5.57. The van der Waals surface area contributed by atoms with Crippen molar-refractivity contribution in [3.63, 3.8) is 0 Å². The highest BCUT2D eigenvalue weighted by atomic mass is 19.1. The fourth-order valence-electron chi connectivity index (χ4n) is 2.03. The Hall–Kier alpha value is -1.84. The first-order chi connectivity index (χ1) is 8.09. The summed E-state index contributed by atoms with van der Waals surface area (Å²) >= 11 is 0. The van der Waals surface area contributed by atoms with Gasteiger partial charge in [0.05, 0.1) is 5.52 Å². The van der Waals surface area contributed by atoms with Gasteiger partial charge >= 0.3 is 0 Å². The predicted molar refractivity (Wildman–Crippen MR) is 65.3 cm³/mol. The van der Waals surface area contributed by atoms with Gasteiger partial charge in [0.15, 0.2) is 0 Å². The molecule has 2 rings (SSSR count). The monoisotopic (exact) mass is 234 g/mol. The third kappa shape index (κ3) is 2.30. The van der Waals surface area contributed by atoms with E-state index in [0.717, 1.165) is 11.1 Å². The van der Waals surface area contributed by atoms with Crippen LogP contribution in [0.2, 0.25) is 0 Å². The van der Waals surface area contributed by atoms with Crippen LogP contribution in [0.3, 0.4) is 0 Å². The number of hydrogen-bond donors (Lipinski definition) is 1. The molecular weight excluding hydrogens is 219 g/mol. The number of carbonyl (C=O) groups excluding carboxylic acids is 1. The Morgan fingerprint density at radius 3 is 2.88 bits per heavy atom. The van der Waals surface area contributed by atoms with Gasteiger partial charge < -0.3 is 9.88 Å². The summed E-state index contributed by atoms with van der Waals surface area (Å²) in [7, 11) is 1.84. The molecule has 0 aliphatic carbocycles. The molecule has 0 bridgehead atoms. The summed E-state index contributed by atoms with van der Waals surface area (Å²) in [6.45, 7) is 2.06. The number of carbonyl (C=O) groups is 1. The SMILES string of the molecule is CC(=O)NCCc1cc2cccc(F)c2n1C. The van der Waals surface area contributed by atoms with Crippen molar-refractivity contribution >= 4 is 16.8 Å². The third-order valence-corrected chi connectivity index (χ3v) is 2.86. The van der Waals surface area contributed by atoms with Crippen LogP contribution in [0, 0.1) is 5.82 Å². The number of para-hydroxylation sites is 1. The molecule has 0 unspecified atom stereocenters. The number of aromatic nitrogens is 1. The number of nitrogens with one attached hydrogen (secondary N) is 1. The molecule has 90 valence electrons. The Kier molecular flexibility index (Phi) is 3.13. The second-order valence-electron chi connectivity index (χ2n) is 4.11. The van der Waals surface area contributed by atoms with Crippen LogP contribution in [-0.2, 0) is 18.3 Å². The highest BCUT2D eigenvalue weighted by Gasteiger charge is 2.09. The van der Waals surface area contributed by atoms with Crippen LogP contribution in [-0.4, -0.2) is 17.0 Å². The Labute approximate surface area is 99.2 Å². The van der Waals surface area contributed by atoms with Gasteiger partial charge in [0.1, 0.15) is 5.82 Å². The van der Waals surface area contributed by atoms with Crippen molar-refractivity contribution in [3.05, 3.63) is 35.8 Å². The normalized spacial score (nSPS) is 10.8. The number of hydrogen-bond acceptors (Lipinski definition) is 1. The molecule has 1 heterocycles. The van der Waals surface area contributed by atoms with Crippen LogP contribution in [0.25, 0.3) is 10.9 Å². The fourth-order valence-corrected chi connectivity index (χ4v) is 2.03. The van der Waals surface area contributed by atoms with E-state index in [1.807, 2.05) is 23.7 Å². The first-order valence-electron chi connectivity index (χ1n) is 5.57. The molecule has 3 nitrogen and oxygen atoms in total. The highest BCUT2D eigenvalue weighted by molar-refractivity contribution is 5.81. The average molecular weight is 234 g/mol. The molecule has 0 fully saturated rings. The number of aryl methyl sites for hydroxylation is 1. The number of fused-ring (bicyclic) bond motifs is 1. The van der Waals surface area contributed by atoms with Crippen LogP contribution in [0.1, 0.15) is 12.6 Å². The molecule has 1 N–H and O–H groups in total. The largest absolute Gasteiger partial charge is 0.356 e. The minimum atomic E-state index is -0.212. The highest BCUT2D eigenvalue weighted by Crippen LogP contribution is 2.21. The van der Waals surface area contributed by atoms with Crippen molar-refractivity contribution in [1.29, 1.82) is 0 Å². The fraction of sp³-hybridized carbons (Fsp3) is 0.308. The zero-order valence-corrected chi connectivity index (χ0v) is 9.96. The van der Waals surface area contributed by atoms with Crippen molar-refractivity contribution in [1.82, 2.24) is 9.88 Å². The Balaban J connectivity index is 2.27. The third-order valence-electron chi connectivity index (χ3n) is 2.86. The molecule has 1 aromatic carbocycles. The van der Waals surface area contributed by atoms with E-state index in [0.29, 0.717) is 18.5 Å². The van der Waals surface area contributed by atoms with E-state index in [1.54, 1.807) is 6.07 Å². The molecular formula is C13H15FN2O. The summed E-state index contributed by atoms with van der Waals surface area (Å²) < 4.78 is 15.5. The minimum Gasteiger partial charge on any atom is -0.356 e. The molecule has 0 spiro atoms. The Morgan fingerprint density at radius 1 is 1.47 bits per heavy atom. The average Bonchev–Trinajstić information content (AvgIpc) is 2.57. The molecule has 17 heavy (non-hydrogen) atoms. The van der Waals surface area contributed by atoms with Crippen LogP contribution in [0.4, 0.5) is 4.39 Å². The lowest BCUT2D eigenvalue weighted by molar-refractivity contribution is -0.118. The molecule has 1 aromatic heterocycles. The molecule has 0 saturated heterocycles. The first kappa shape index (κ1) is 11.6. The van der Waals surface area contributed by atoms with Crippen LogP contribution in [0.15, 0.2) is 24.3 Å². The van der Waals surface area contributed by atoms with Gasteiger partial charge in [-0.05, 0) is 12.1 Å². The Bertz CT molecular complexity index is 560. The molecule has 2 aromatic rings. The van der Waals surface area contributed by atoms with Gasteiger partial charge in [0.25, 0.3) is 0 Å². The second kappa shape index (κ2) is 4.57. The van der Waals surface area contributed by atoms with Gasteiger partial charge in [0.2, 0.25) is 5.91 Å². The van der Waals surface area contributed by atoms with E-state index in [1.165, 1.54) is 13.0 Å². The minimum absolute atomic E-state index is 0.0463. The lowest BCUT2D eigenvalue weighted by Gasteiger charge is -2.05. The summed E-state index contributed by atoms with van der Waals surface area (Å²) in [5.74, 6) is -0.259. The van der Waals surface area contributed by atoms with Crippen LogP contribution in [0.5, 0.6) is 0 Å². The lowest BCUT2D eigenvalue weighted by Crippen LogP contribution is -2.23. The summed E-state index contributed by atoms with van der Waals surface area (Å²) in [6.07, 6.45) is 0.699. The lowest BCUT2D eigenvalue weighted by atomic mass is 10.2. The van der Waals surface area contributed by atoms with E-state index < -0.39 is 0 Å². The molecule has 0 aliphatic heterocycles. The van der Waals surface area contributed by atoms with Crippen molar-refractivity contribution in [2.45, 2.75) is 13.3 Å². The van der Waals surface area contributed by atoms with E-state index in [-0.39, 0.29) is 11.7 Å². The number of halogens is 1. The van der Waals surface area contributed by atoms with E-state index in [4.69, 9.17) is 0 Å². The van der Waals surface area contributed by atoms with Crippen molar-refractivity contribution < 1.29 is 9.18 Å². The summed E-state index contributed by atoms with van der Waals surface area (Å²) in [6, 6.07) is 7.01. The summed E-state index contributed by atoms with van der Waals surface area (Å²) in [5, 5.41) is 3.63. The molecule has 0 aliphatic rings. The van der Waals surface area contributed by atoms with Gasteiger partial charge in [-0.15, -0.1) is 0 Å². The maximum Gasteiger partial charge on any atom is 0.216 e. The summed E-state index contributed by atoms with van der Waals surface area (Å²) in [5.41, 5.74) is 1.63. The van der Waals surface area contributed by atoms with Crippen molar-refractivity contribution in [2.75, 3.05) is 6.54 Å². The molecule has 0 radical (unpaired) electrons. The van der Waals surface area contributed by atoms with E-state index in [2.05, 4.69) is 5.32 Å². The van der Waals surface area contributed by atoms with Crippen molar-refractivity contribution in [2.24, 2.45) is 7.05 Å². The zero-order chi connectivity index (χ0) is 12.4. The predicted octanol–water partition coefficient (Wildman–Crippen LogP) is 2.00. The Morgan fingerprint density at radius 2 is 2.24 bits per heavy atom. The topological polar surface area (TPSA) is 34.0 Å². The van der Waals surface area contributed by atoms with Gasteiger partial charge in [0, 0.05) is 38.0 Å².